The van der Waals surface area contributed by atoms with E-state index in [1.54, 1.807) is 0 Å². The zero-order valence-corrected chi connectivity index (χ0v) is 13.1. The lowest BCUT2D eigenvalue weighted by atomic mass is 10.2. The molecule has 21 heavy (non-hydrogen) atoms. The molecule has 3 nitrogen and oxygen atoms in total. The highest BCUT2D eigenvalue weighted by atomic mass is 16.5. The standard InChI is InChI=1S/C18H27NO2/c1-2-3-4-5-9-14-21-18-13-12-17(20)19(18)15-16-10-7-6-8-11-16/h6-8,10-11,18H,2-5,9,12-15H2,1H3. The van der Waals surface area contributed by atoms with Gasteiger partial charge in [-0.25, -0.2) is 0 Å². The molecule has 1 saturated heterocycles. The first kappa shape index (κ1) is 16.0. The van der Waals surface area contributed by atoms with Crippen LogP contribution in [0, 0.1) is 0 Å². The van der Waals surface area contributed by atoms with Crippen LogP contribution in [0.5, 0.6) is 0 Å². The average molecular weight is 289 g/mol. The number of hydrogen-bond acceptors (Lipinski definition) is 2. The van der Waals surface area contributed by atoms with Gasteiger partial charge in [-0.15, -0.1) is 0 Å². The van der Waals surface area contributed by atoms with Crippen LogP contribution < -0.4 is 0 Å². The van der Waals surface area contributed by atoms with E-state index in [2.05, 4.69) is 19.1 Å². The van der Waals surface area contributed by atoms with E-state index in [4.69, 9.17) is 4.74 Å². The molecule has 1 aromatic rings. The molecule has 0 aliphatic carbocycles. The number of hydrogen-bond donors (Lipinski definition) is 0. The van der Waals surface area contributed by atoms with Crippen molar-refractivity contribution in [2.24, 2.45) is 0 Å². The first-order valence-corrected chi connectivity index (χ1v) is 8.26. The van der Waals surface area contributed by atoms with Crippen LogP contribution >= 0.6 is 0 Å². The number of likely N-dealkylation sites (tertiary alicyclic amines) is 1. The second kappa shape index (κ2) is 8.83. The second-order valence-corrected chi connectivity index (χ2v) is 5.79. The molecule has 0 radical (unpaired) electrons. The third kappa shape index (κ3) is 5.16. The van der Waals surface area contributed by atoms with E-state index in [1.165, 1.54) is 31.2 Å². The molecule has 0 N–H and O–H groups in total. The van der Waals surface area contributed by atoms with Crippen molar-refractivity contribution in [2.45, 2.75) is 64.6 Å². The predicted octanol–water partition coefficient (Wildman–Crippen LogP) is 4.12. The Kier molecular flexibility index (Phi) is 6.74. The molecule has 2 rings (SSSR count). The van der Waals surface area contributed by atoms with Crippen LogP contribution in [-0.4, -0.2) is 23.6 Å². The van der Waals surface area contributed by atoms with E-state index in [0.29, 0.717) is 13.0 Å². The van der Waals surface area contributed by atoms with E-state index in [1.807, 2.05) is 23.1 Å². The summed E-state index contributed by atoms with van der Waals surface area (Å²) >= 11 is 0. The summed E-state index contributed by atoms with van der Waals surface area (Å²) in [7, 11) is 0. The Hall–Kier alpha value is -1.35. The smallest absolute Gasteiger partial charge is 0.225 e. The Morgan fingerprint density at radius 2 is 1.90 bits per heavy atom. The molecule has 1 aliphatic heterocycles. The summed E-state index contributed by atoms with van der Waals surface area (Å²) in [5, 5.41) is 0. The highest BCUT2D eigenvalue weighted by molar-refractivity contribution is 5.78. The molecule has 1 amide bonds. The third-order valence-electron chi connectivity index (χ3n) is 4.03. The summed E-state index contributed by atoms with van der Waals surface area (Å²) in [5.41, 5.74) is 1.17. The Balaban J connectivity index is 1.75. The van der Waals surface area contributed by atoms with Crippen molar-refractivity contribution in [3.63, 3.8) is 0 Å². The molecule has 3 heteroatoms. The minimum Gasteiger partial charge on any atom is -0.358 e. The quantitative estimate of drug-likeness (QED) is 0.640. The lowest BCUT2D eigenvalue weighted by Crippen LogP contribution is -2.34. The first-order valence-electron chi connectivity index (χ1n) is 8.26. The van der Waals surface area contributed by atoms with Crippen LogP contribution in [0.3, 0.4) is 0 Å². The fraction of sp³-hybridized carbons (Fsp3) is 0.611. The minimum absolute atomic E-state index is 0.0242. The van der Waals surface area contributed by atoms with Crippen molar-refractivity contribution in [3.05, 3.63) is 35.9 Å². The number of benzene rings is 1. The monoisotopic (exact) mass is 289 g/mol. The normalized spacial score (nSPS) is 18.4. The Morgan fingerprint density at radius 3 is 2.67 bits per heavy atom. The zero-order valence-electron chi connectivity index (χ0n) is 13.1. The maximum Gasteiger partial charge on any atom is 0.225 e. The number of unbranched alkanes of at least 4 members (excludes halogenated alkanes) is 4. The van der Waals surface area contributed by atoms with E-state index in [9.17, 15) is 4.79 Å². The maximum absolute atomic E-state index is 12.0. The molecule has 1 unspecified atom stereocenters. The van der Waals surface area contributed by atoms with Crippen molar-refractivity contribution in [2.75, 3.05) is 6.61 Å². The number of nitrogens with zero attached hydrogens (tertiary/aromatic N) is 1. The van der Waals surface area contributed by atoms with Crippen molar-refractivity contribution in [3.8, 4) is 0 Å². The molecule has 0 bridgehead atoms. The molecule has 0 saturated carbocycles. The largest absolute Gasteiger partial charge is 0.358 e. The van der Waals surface area contributed by atoms with Crippen molar-refractivity contribution in [1.82, 2.24) is 4.90 Å². The van der Waals surface area contributed by atoms with Gasteiger partial charge in [0.15, 0.2) is 0 Å². The minimum atomic E-state index is -0.0242. The summed E-state index contributed by atoms with van der Waals surface area (Å²) in [6, 6.07) is 10.2. The molecule has 1 aromatic carbocycles. The van der Waals surface area contributed by atoms with Gasteiger partial charge in [0.1, 0.15) is 6.23 Å². The molecule has 1 heterocycles. The van der Waals surface area contributed by atoms with E-state index >= 15 is 0 Å². The second-order valence-electron chi connectivity index (χ2n) is 5.79. The highest BCUT2D eigenvalue weighted by Gasteiger charge is 2.31. The SMILES string of the molecule is CCCCCCCOC1CCC(=O)N1Cc1ccccc1. The Bertz CT molecular complexity index is 418. The van der Waals surface area contributed by atoms with Crippen LogP contribution in [0.4, 0.5) is 0 Å². The van der Waals surface area contributed by atoms with Gasteiger partial charge in [-0.05, 0) is 12.0 Å². The van der Waals surface area contributed by atoms with Crippen LogP contribution in [-0.2, 0) is 16.1 Å². The van der Waals surface area contributed by atoms with Gasteiger partial charge in [0.25, 0.3) is 0 Å². The molecule has 1 atom stereocenters. The first-order chi connectivity index (χ1) is 10.3. The van der Waals surface area contributed by atoms with Gasteiger partial charge in [-0.3, -0.25) is 4.79 Å². The molecule has 116 valence electrons. The van der Waals surface area contributed by atoms with Gasteiger partial charge in [0, 0.05) is 26.0 Å². The van der Waals surface area contributed by atoms with E-state index in [0.717, 1.165) is 19.4 Å². The Morgan fingerprint density at radius 1 is 1.14 bits per heavy atom. The number of rotatable bonds is 9. The van der Waals surface area contributed by atoms with E-state index < -0.39 is 0 Å². The average Bonchev–Trinajstić information content (AvgIpc) is 2.85. The summed E-state index contributed by atoms with van der Waals surface area (Å²) in [6.07, 6.45) is 7.62. The lowest BCUT2D eigenvalue weighted by molar-refractivity contribution is -0.137. The summed E-state index contributed by atoms with van der Waals surface area (Å²) < 4.78 is 5.94. The number of ether oxygens (including phenoxy) is 1. The third-order valence-corrected chi connectivity index (χ3v) is 4.03. The van der Waals surface area contributed by atoms with Crippen molar-refractivity contribution in [1.29, 1.82) is 0 Å². The molecule has 0 aromatic heterocycles. The van der Waals surface area contributed by atoms with Gasteiger partial charge in [0.2, 0.25) is 5.91 Å². The van der Waals surface area contributed by atoms with Crippen LogP contribution in [0.25, 0.3) is 0 Å². The van der Waals surface area contributed by atoms with E-state index in [-0.39, 0.29) is 12.1 Å². The van der Waals surface area contributed by atoms with Gasteiger partial charge in [-0.2, -0.15) is 0 Å². The van der Waals surface area contributed by atoms with Crippen molar-refractivity contribution < 1.29 is 9.53 Å². The fourth-order valence-corrected chi connectivity index (χ4v) is 2.78. The zero-order chi connectivity index (χ0) is 14.9. The summed E-state index contributed by atoms with van der Waals surface area (Å²) in [6.45, 7) is 3.66. The van der Waals surface area contributed by atoms with Gasteiger partial charge >= 0.3 is 0 Å². The highest BCUT2D eigenvalue weighted by Crippen LogP contribution is 2.22. The number of carbonyl (C=O) groups excluding carboxylic acids is 1. The number of carbonyl (C=O) groups is 1. The lowest BCUT2D eigenvalue weighted by Gasteiger charge is -2.25. The molecular formula is C18H27NO2. The molecular weight excluding hydrogens is 262 g/mol. The predicted molar refractivity (Wildman–Crippen MR) is 84.7 cm³/mol. The summed E-state index contributed by atoms with van der Waals surface area (Å²) in [5.74, 6) is 0.217. The van der Waals surface area contributed by atoms with Gasteiger partial charge < -0.3 is 9.64 Å². The maximum atomic E-state index is 12.0. The molecule has 0 spiro atoms. The molecule has 1 aliphatic rings. The molecule has 1 fully saturated rings. The van der Waals surface area contributed by atoms with Crippen LogP contribution in [0.15, 0.2) is 30.3 Å². The van der Waals surface area contributed by atoms with Crippen molar-refractivity contribution >= 4 is 5.91 Å². The van der Waals surface area contributed by atoms with Gasteiger partial charge in [0.05, 0.1) is 0 Å². The van der Waals surface area contributed by atoms with Crippen LogP contribution in [0.2, 0.25) is 0 Å². The van der Waals surface area contributed by atoms with Gasteiger partial charge in [-0.1, -0.05) is 62.9 Å². The fourth-order valence-electron chi connectivity index (χ4n) is 2.78. The Labute approximate surface area is 128 Å². The number of amides is 1. The summed E-state index contributed by atoms with van der Waals surface area (Å²) in [4.78, 5) is 13.9. The topological polar surface area (TPSA) is 29.5 Å². The van der Waals surface area contributed by atoms with Crippen LogP contribution in [0.1, 0.15) is 57.4 Å².